The molecule has 0 aromatic heterocycles. The Bertz CT molecular complexity index is 468. The monoisotopic (exact) mass is 386 g/mol. The summed E-state index contributed by atoms with van der Waals surface area (Å²) in [6, 6.07) is 0. The molecular formula is C21H42O4Si. The predicted octanol–water partition coefficient (Wildman–Crippen LogP) is 5.84. The van der Waals surface area contributed by atoms with Gasteiger partial charge in [0.1, 0.15) is 0 Å². The first kappa shape index (κ1) is 23.6. The van der Waals surface area contributed by atoms with Crippen LogP contribution >= 0.6 is 0 Å². The minimum absolute atomic E-state index is 0.0425. The molecule has 4 nitrogen and oxygen atoms in total. The maximum Gasteiger partial charge on any atom is 0.349 e. The van der Waals surface area contributed by atoms with Crippen molar-refractivity contribution in [2.45, 2.75) is 111 Å². The van der Waals surface area contributed by atoms with Gasteiger partial charge in [-0.25, -0.2) is 0 Å². The van der Waals surface area contributed by atoms with E-state index >= 15 is 0 Å². The van der Waals surface area contributed by atoms with E-state index < -0.39 is 14.0 Å². The van der Waals surface area contributed by atoms with Gasteiger partial charge in [-0.15, -0.1) is 0 Å². The van der Waals surface area contributed by atoms with Crippen LogP contribution in [0.15, 0.2) is 0 Å². The largest absolute Gasteiger partial charge is 0.465 e. The molecule has 0 aliphatic carbocycles. The van der Waals surface area contributed by atoms with Gasteiger partial charge in [0.25, 0.3) is 0 Å². The van der Waals surface area contributed by atoms with Crippen molar-refractivity contribution < 1.29 is 18.4 Å². The van der Waals surface area contributed by atoms with E-state index in [2.05, 4.69) is 55.4 Å². The van der Waals surface area contributed by atoms with Crippen molar-refractivity contribution >= 4 is 14.5 Å². The Kier molecular flexibility index (Phi) is 7.20. The van der Waals surface area contributed by atoms with E-state index in [1.807, 2.05) is 20.8 Å². The van der Waals surface area contributed by atoms with Gasteiger partial charge in [0.15, 0.2) is 0 Å². The van der Waals surface area contributed by atoms with E-state index in [1.165, 1.54) is 0 Å². The van der Waals surface area contributed by atoms with Gasteiger partial charge >= 0.3 is 14.5 Å². The van der Waals surface area contributed by atoms with Gasteiger partial charge in [0, 0.05) is 22.4 Å². The Morgan fingerprint density at radius 2 is 1.38 bits per heavy atom. The summed E-state index contributed by atoms with van der Waals surface area (Å²) in [4.78, 5) is 12.1. The van der Waals surface area contributed by atoms with Crippen LogP contribution in [0.25, 0.3) is 0 Å². The van der Waals surface area contributed by atoms with E-state index in [0.717, 1.165) is 12.8 Å². The van der Waals surface area contributed by atoms with E-state index in [1.54, 1.807) is 0 Å². The number of carbonyl (C=O) groups is 1. The van der Waals surface area contributed by atoms with Crippen molar-refractivity contribution in [3.63, 3.8) is 0 Å². The molecular weight excluding hydrogens is 344 g/mol. The normalized spacial score (nSPS) is 27.3. The lowest BCUT2D eigenvalue weighted by Crippen LogP contribution is -2.65. The van der Waals surface area contributed by atoms with E-state index in [4.69, 9.17) is 13.6 Å². The summed E-state index contributed by atoms with van der Waals surface area (Å²) in [6.07, 6.45) is 1.96. The van der Waals surface area contributed by atoms with Crippen molar-refractivity contribution in [2.75, 3.05) is 6.61 Å². The van der Waals surface area contributed by atoms with Crippen LogP contribution < -0.4 is 0 Å². The molecule has 0 radical (unpaired) electrons. The average Bonchev–Trinajstić information content (AvgIpc) is 2.45. The first-order valence-corrected chi connectivity index (χ1v) is 11.9. The molecule has 1 rings (SSSR count). The lowest BCUT2D eigenvalue weighted by atomic mass is 9.94. The number of rotatable bonds is 4. The number of hydrogen-bond donors (Lipinski definition) is 0. The molecule has 1 fully saturated rings. The standard InChI is InChI=1S/C21H42O4Si/c1-12-16-15(2)17(13-14-23-18(22)19(3,4)5)25-26(24-16,20(6,7)8)21(9,10)11/h15-17H,12-14H2,1-11H3/t15-,16-,17-/m1/s1. The predicted molar refractivity (Wildman–Crippen MR) is 109 cm³/mol. The highest BCUT2D eigenvalue weighted by atomic mass is 28.4. The SMILES string of the molecule is CC[C@H]1O[Si](C(C)(C)C)(C(C)(C)C)O[C@H](CCOC(=O)C(C)(C)C)[C@@H]1C. The molecule has 0 unspecified atom stereocenters. The van der Waals surface area contributed by atoms with Crippen molar-refractivity contribution in [2.24, 2.45) is 11.3 Å². The summed E-state index contributed by atoms with van der Waals surface area (Å²) < 4.78 is 19.1. The Hall–Kier alpha value is -0.393. The number of esters is 1. The van der Waals surface area contributed by atoms with E-state index in [0.29, 0.717) is 12.5 Å². The fourth-order valence-electron chi connectivity index (χ4n) is 4.00. The van der Waals surface area contributed by atoms with Gasteiger partial charge in [-0.05, 0) is 27.2 Å². The smallest absolute Gasteiger partial charge is 0.349 e. The first-order chi connectivity index (χ1) is 11.6. The van der Waals surface area contributed by atoms with Crippen LogP contribution in [0.4, 0.5) is 0 Å². The second kappa shape index (κ2) is 7.92. The zero-order valence-corrected chi connectivity index (χ0v) is 20.0. The molecule has 0 bridgehead atoms. The molecule has 154 valence electrons. The average molecular weight is 387 g/mol. The molecule has 0 amide bonds. The molecule has 26 heavy (non-hydrogen) atoms. The highest BCUT2D eigenvalue weighted by Crippen LogP contribution is 2.56. The van der Waals surface area contributed by atoms with E-state index in [9.17, 15) is 4.79 Å². The highest BCUT2D eigenvalue weighted by Gasteiger charge is 2.62. The second-order valence-corrected chi connectivity index (χ2v) is 15.6. The van der Waals surface area contributed by atoms with Gasteiger partial charge in [0.05, 0.1) is 24.2 Å². The molecule has 3 atom stereocenters. The molecule has 5 heteroatoms. The van der Waals surface area contributed by atoms with Crippen LogP contribution in [-0.2, 0) is 18.4 Å². The number of hydrogen-bond acceptors (Lipinski definition) is 4. The fourth-order valence-corrected chi connectivity index (χ4v) is 9.29. The molecule has 1 aliphatic rings. The lowest BCUT2D eigenvalue weighted by Gasteiger charge is -2.57. The van der Waals surface area contributed by atoms with Crippen LogP contribution in [0.5, 0.6) is 0 Å². The van der Waals surface area contributed by atoms with Crippen molar-refractivity contribution in [1.82, 2.24) is 0 Å². The molecule has 1 saturated heterocycles. The molecule has 0 aromatic rings. The molecule has 0 N–H and O–H groups in total. The molecule has 0 saturated carbocycles. The Labute approximate surface area is 162 Å². The van der Waals surface area contributed by atoms with Crippen molar-refractivity contribution in [1.29, 1.82) is 0 Å². The third-order valence-corrected chi connectivity index (χ3v) is 10.7. The van der Waals surface area contributed by atoms with Crippen molar-refractivity contribution in [3.05, 3.63) is 0 Å². The Morgan fingerprint density at radius 3 is 1.77 bits per heavy atom. The topological polar surface area (TPSA) is 44.8 Å². The highest BCUT2D eigenvalue weighted by molar-refractivity contribution is 6.73. The lowest BCUT2D eigenvalue weighted by molar-refractivity contribution is -0.154. The fraction of sp³-hybridized carbons (Fsp3) is 0.952. The Balaban J connectivity index is 3.02. The summed E-state index contributed by atoms with van der Waals surface area (Å²) in [7, 11) is -2.53. The molecule has 0 spiro atoms. The maximum atomic E-state index is 12.1. The summed E-state index contributed by atoms with van der Waals surface area (Å²) >= 11 is 0. The number of carbonyl (C=O) groups excluding carboxylic acids is 1. The molecule has 1 heterocycles. The summed E-state index contributed by atoms with van der Waals surface area (Å²) in [5, 5.41) is -0.0850. The summed E-state index contributed by atoms with van der Waals surface area (Å²) in [6.45, 7) is 23.9. The third-order valence-electron chi connectivity index (χ3n) is 5.43. The van der Waals surface area contributed by atoms with Gasteiger partial charge in [-0.3, -0.25) is 4.79 Å². The van der Waals surface area contributed by atoms with Gasteiger partial charge in [-0.2, -0.15) is 0 Å². The summed E-state index contributed by atoms with van der Waals surface area (Å²) in [5.74, 6) is 0.137. The van der Waals surface area contributed by atoms with Crippen LogP contribution in [0, 0.1) is 11.3 Å². The molecule has 1 aliphatic heterocycles. The minimum atomic E-state index is -2.53. The first-order valence-electron chi connectivity index (χ1n) is 10.1. The Morgan fingerprint density at radius 1 is 0.923 bits per heavy atom. The van der Waals surface area contributed by atoms with Gasteiger partial charge in [-0.1, -0.05) is 55.4 Å². The minimum Gasteiger partial charge on any atom is -0.465 e. The van der Waals surface area contributed by atoms with E-state index in [-0.39, 0.29) is 28.3 Å². The van der Waals surface area contributed by atoms with Crippen LogP contribution in [0.3, 0.4) is 0 Å². The van der Waals surface area contributed by atoms with Crippen molar-refractivity contribution in [3.8, 4) is 0 Å². The van der Waals surface area contributed by atoms with Gasteiger partial charge in [0.2, 0.25) is 0 Å². The molecule has 0 aromatic carbocycles. The maximum absolute atomic E-state index is 12.1. The zero-order valence-electron chi connectivity index (χ0n) is 19.0. The van der Waals surface area contributed by atoms with Crippen LogP contribution in [0.1, 0.15) is 89.0 Å². The van der Waals surface area contributed by atoms with Crippen LogP contribution in [0.2, 0.25) is 10.1 Å². The van der Waals surface area contributed by atoms with Crippen LogP contribution in [-0.4, -0.2) is 33.3 Å². The second-order valence-electron chi connectivity index (χ2n) is 10.9. The quantitative estimate of drug-likeness (QED) is 0.450. The zero-order chi connectivity index (χ0) is 20.6. The van der Waals surface area contributed by atoms with Gasteiger partial charge < -0.3 is 13.6 Å². The third kappa shape index (κ3) is 4.90. The summed E-state index contributed by atoms with van der Waals surface area (Å²) in [5.41, 5.74) is -0.469. The number of ether oxygens (including phenoxy) is 1.